The van der Waals surface area contributed by atoms with Gasteiger partial charge in [0.05, 0.1) is 17.3 Å². The van der Waals surface area contributed by atoms with Crippen molar-refractivity contribution < 1.29 is 17.8 Å². The predicted octanol–water partition coefficient (Wildman–Crippen LogP) is 1.43. The number of carbonyl (C=O) groups excluding carboxylic acids is 1. The molecule has 9 nitrogen and oxygen atoms in total. The van der Waals surface area contributed by atoms with Crippen molar-refractivity contribution in [1.82, 2.24) is 25.3 Å². The lowest BCUT2D eigenvalue weighted by molar-refractivity contribution is -0.117. The fourth-order valence-electron chi connectivity index (χ4n) is 5.27. The first-order chi connectivity index (χ1) is 17.4. The minimum absolute atomic E-state index is 0.0119. The molecule has 36 heavy (non-hydrogen) atoms. The molecular formula is C26H33N5O4S. The number of piperazine rings is 1. The highest BCUT2D eigenvalue weighted by atomic mass is 32.2. The van der Waals surface area contributed by atoms with Crippen molar-refractivity contribution in [3.8, 4) is 0 Å². The van der Waals surface area contributed by atoms with Crippen molar-refractivity contribution in [2.24, 2.45) is 0 Å². The molecule has 4 aliphatic heterocycles. The molecule has 1 aromatic carbocycles. The number of amides is 1. The number of hydrogen-bond donors (Lipinski definition) is 3. The molecule has 1 amide bonds. The fourth-order valence-corrected chi connectivity index (χ4v) is 6.14. The zero-order valence-electron chi connectivity index (χ0n) is 20.3. The molecule has 4 heterocycles. The molecule has 0 radical (unpaired) electrons. The van der Waals surface area contributed by atoms with Crippen LogP contribution < -0.4 is 10.6 Å². The largest absolute Gasteiger partial charge is 0.369 e. The third-order valence-electron chi connectivity index (χ3n) is 7.09. The number of nitrogens with zero attached hydrogens (tertiary/aromatic N) is 3. The first-order valence-electron chi connectivity index (χ1n) is 12.5. The minimum atomic E-state index is -4.59. The summed E-state index contributed by atoms with van der Waals surface area (Å²) in [4.78, 5) is 19.4. The topological polar surface area (TPSA) is 105 Å². The van der Waals surface area contributed by atoms with E-state index in [0.717, 1.165) is 57.9 Å². The van der Waals surface area contributed by atoms with Crippen LogP contribution in [0.2, 0.25) is 0 Å². The summed E-state index contributed by atoms with van der Waals surface area (Å²) in [5.74, 6) is 0.288. The summed E-state index contributed by atoms with van der Waals surface area (Å²) in [7, 11) is -4.59. The van der Waals surface area contributed by atoms with E-state index in [9.17, 15) is 17.8 Å². The van der Waals surface area contributed by atoms with Crippen LogP contribution in [-0.2, 0) is 21.5 Å². The first kappa shape index (κ1) is 24.8. The molecule has 0 aliphatic carbocycles. The molecule has 3 N–H and O–H groups in total. The van der Waals surface area contributed by atoms with Gasteiger partial charge in [0.2, 0.25) is 0 Å². The molecule has 0 spiro atoms. The number of hydrogen-bond acceptors (Lipinski definition) is 7. The molecule has 1 atom stereocenters. The van der Waals surface area contributed by atoms with Gasteiger partial charge >= 0.3 is 0 Å². The van der Waals surface area contributed by atoms with Gasteiger partial charge in [0.15, 0.2) is 0 Å². The van der Waals surface area contributed by atoms with Crippen molar-refractivity contribution in [2.75, 3.05) is 45.8 Å². The van der Waals surface area contributed by atoms with Gasteiger partial charge in [-0.1, -0.05) is 36.4 Å². The van der Waals surface area contributed by atoms with Gasteiger partial charge in [0.1, 0.15) is 10.7 Å². The maximum atomic E-state index is 13.0. The van der Waals surface area contributed by atoms with Crippen LogP contribution in [0.1, 0.15) is 18.4 Å². The van der Waals surface area contributed by atoms with Gasteiger partial charge in [-0.15, -0.1) is 0 Å². The van der Waals surface area contributed by atoms with Crippen LogP contribution in [-0.4, -0.2) is 85.4 Å². The number of rotatable bonds is 9. The van der Waals surface area contributed by atoms with Crippen LogP contribution in [0.25, 0.3) is 0 Å². The summed E-state index contributed by atoms with van der Waals surface area (Å²) in [6, 6.07) is 10.4. The van der Waals surface area contributed by atoms with E-state index in [1.807, 2.05) is 12.1 Å². The average molecular weight is 512 g/mol. The second kappa shape index (κ2) is 10.6. The Bertz CT molecular complexity index is 1210. The second-order valence-electron chi connectivity index (χ2n) is 9.57. The monoisotopic (exact) mass is 511 g/mol. The summed E-state index contributed by atoms with van der Waals surface area (Å²) in [5, 5.41) is 6.07. The van der Waals surface area contributed by atoms with Crippen molar-refractivity contribution in [3.63, 3.8) is 0 Å². The maximum Gasteiger partial charge on any atom is 0.297 e. The molecule has 0 bridgehead atoms. The highest BCUT2D eigenvalue weighted by Crippen LogP contribution is 2.37. The van der Waals surface area contributed by atoms with Gasteiger partial charge < -0.3 is 20.4 Å². The summed E-state index contributed by atoms with van der Waals surface area (Å²) < 4.78 is 34.4. The molecule has 1 aromatic rings. The van der Waals surface area contributed by atoms with E-state index in [2.05, 4.69) is 44.7 Å². The number of carbonyl (C=O) groups is 1. The van der Waals surface area contributed by atoms with Crippen LogP contribution in [0.5, 0.6) is 0 Å². The van der Waals surface area contributed by atoms with Crippen molar-refractivity contribution in [3.05, 3.63) is 82.2 Å². The van der Waals surface area contributed by atoms with Crippen LogP contribution in [0, 0.1) is 0 Å². The van der Waals surface area contributed by atoms with Gasteiger partial charge in [-0.2, -0.15) is 8.42 Å². The number of allylic oxidation sites excluding steroid dienone is 3. The molecule has 2 saturated heterocycles. The zero-order chi connectivity index (χ0) is 25.1. The molecule has 4 aliphatic rings. The standard InChI is InChI=1S/C26H33N5O4S/c32-26(22-17-21-18-28-24-10-6-9-23(31(21)24)25(22)36(33,34)35)27-11-4-5-12-29-13-15-30(16-14-29)19-20-7-2-1-3-8-20/h1-3,6-10,17,21,28H,4-5,11-16,18-19H2,(H,27,32)(H,33,34,35). The molecular weight excluding hydrogens is 478 g/mol. The summed E-state index contributed by atoms with van der Waals surface area (Å²) in [6.45, 7) is 7.13. The Morgan fingerprint density at radius 2 is 1.83 bits per heavy atom. The molecule has 0 aromatic heterocycles. The maximum absolute atomic E-state index is 13.0. The van der Waals surface area contributed by atoms with Crippen LogP contribution in [0.15, 0.2) is 76.6 Å². The highest BCUT2D eigenvalue weighted by Gasteiger charge is 2.41. The first-order valence-corrected chi connectivity index (χ1v) is 14.0. The van der Waals surface area contributed by atoms with E-state index >= 15 is 0 Å². The molecule has 1 unspecified atom stereocenters. The van der Waals surface area contributed by atoms with Gasteiger partial charge in [0, 0.05) is 45.8 Å². The average Bonchev–Trinajstić information content (AvgIpc) is 3.29. The van der Waals surface area contributed by atoms with Crippen LogP contribution >= 0.6 is 0 Å². The SMILES string of the molecule is O=C(NCCCCN1CCN(Cc2ccccc2)CC1)C1=CC2CNC3=CC=CC(=C1S(=O)(=O)O)N32. The second-order valence-corrected chi connectivity index (χ2v) is 10.9. The lowest BCUT2D eigenvalue weighted by Gasteiger charge is -2.34. The summed E-state index contributed by atoms with van der Waals surface area (Å²) in [6.07, 6.45) is 8.54. The molecule has 5 rings (SSSR count). The Hall–Kier alpha value is -2.92. The van der Waals surface area contributed by atoms with Crippen LogP contribution in [0.3, 0.4) is 0 Å². The van der Waals surface area contributed by atoms with Gasteiger partial charge in [-0.3, -0.25) is 14.2 Å². The van der Waals surface area contributed by atoms with E-state index in [-0.39, 0.29) is 16.5 Å². The van der Waals surface area contributed by atoms with E-state index in [1.165, 1.54) is 5.56 Å². The van der Waals surface area contributed by atoms with Crippen molar-refractivity contribution in [2.45, 2.75) is 25.4 Å². The smallest absolute Gasteiger partial charge is 0.297 e. The summed E-state index contributed by atoms with van der Waals surface area (Å²) in [5.41, 5.74) is 1.68. The third kappa shape index (κ3) is 5.41. The Kier molecular flexibility index (Phi) is 7.29. The van der Waals surface area contributed by atoms with Crippen molar-refractivity contribution >= 4 is 16.0 Å². The fraction of sp³-hybridized carbons (Fsp3) is 0.423. The number of unbranched alkanes of at least 4 members (excludes halogenated alkanes) is 1. The lowest BCUT2D eigenvalue weighted by atomic mass is 10.0. The quantitative estimate of drug-likeness (QED) is 0.338. The molecule has 2 fully saturated rings. The Morgan fingerprint density at radius 1 is 1.08 bits per heavy atom. The summed E-state index contributed by atoms with van der Waals surface area (Å²) >= 11 is 0. The Balaban J connectivity index is 1.08. The number of nitrogens with one attached hydrogen (secondary N) is 2. The minimum Gasteiger partial charge on any atom is -0.369 e. The van der Waals surface area contributed by atoms with E-state index in [4.69, 9.17) is 0 Å². The normalized spacial score (nSPS) is 22.1. The lowest BCUT2D eigenvalue weighted by Crippen LogP contribution is -2.46. The third-order valence-corrected chi connectivity index (χ3v) is 8.04. The van der Waals surface area contributed by atoms with Crippen molar-refractivity contribution in [1.29, 1.82) is 0 Å². The molecule has 0 saturated carbocycles. The van der Waals surface area contributed by atoms with E-state index in [1.54, 1.807) is 23.1 Å². The Morgan fingerprint density at radius 3 is 2.58 bits per heavy atom. The van der Waals surface area contributed by atoms with Crippen LogP contribution in [0.4, 0.5) is 0 Å². The zero-order valence-corrected chi connectivity index (χ0v) is 21.1. The predicted molar refractivity (Wildman–Crippen MR) is 138 cm³/mol. The van der Waals surface area contributed by atoms with E-state index < -0.39 is 16.0 Å². The molecule has 192 valence electrons. The van der Waals surface area contributed by atoms with Gasteiger partial charge in [0.25, 0.3) is 16.0 Å². The van der Waals surface area contributed by atoms with E-state index in [0.29, 0.717) is 18.8 Å². The number of benzene rings is 1. The van der Waals surface area contributed by atoms with Gasteiger partial charge in [-0.25, -0.2) is 0 Å². The van der Waals surface area contributed by atoms with Gasteiger partial charge in [-0.05, 0) is 43.2 Å². The highest BCUT2D eigenvalue weighted by molar-refractivity contribution is 7.90. The molecule has 10 heteroatoms. The Labute approximate surface area is 212 Å².